The van der Waals surface area contributed by atoms with Gasteiger partial charge in [0.05, 0.1) is 0 Å². The van der Waals surface area contributed by atoms with E-state index in [0.717, 1.165) is 36.5 Å². The first kappa shape index (κ1) is 15.8. The van der Waals surface area contributed by atoms with Gasteiger partial charge in [-0.3, -0.25) is 4.79 Å². The van der Waals surface area contributed by atoms with Crippen molar-refractivity contribution in [3.63, 3.8) is 0 Å². The molecule has 0 atom stereocenters. The summed E-state index contributed by atoms with van der Waals surface area (Å²) >= 11 is 0. The van der Waals surface area contributed by atoms with Crippen LogP contribution in [-0.2, 0) is 0 Å². The summed E-state index contributed by atoms with van der Waals surface area (Å²) in [6.07, 6.45) is 4.76. The SMILES string of the molecule is CNc1cc(C(=O)N(CC(C)C)C2CCCC2)cc(C)n1. The van der Waals surface area contributed by atoms with Crippen molar-refractivity contribution in [3.8, 4) is 0 Å². The lowest BCUT2D eigenvalue weighted by atomic mass is 10.1. The molecule has 0 aromatic carbocycles. The van der Waals surface area contributed by atoms with Crippen molar-refractivity contribution in [2.45, 2.75) is 52.5 Å². The van der Waals surface area contributed by atoms with Crippen molar-refractivity contribution >= 4 is 11.7 Å². The van der Waals surface area contributed by atoms with Crippen LogP contribution in [0.3, 0.4) is 0 Å². The maximum absolute atomic E-state index is 13.0. The first-order valence-electron chi connectivity index (χ1n) is 7.98. The van der Waals surface area contributed by atoms with E-state index in [1.807, 2.05) is 26.1 Å². The number of nitrogens with zero attached hydrogens (tertiary/aromatic N) is 2. The van der Waals surface area contributed by atoms with Gasteiger partial charge in [-0.05, 0) is 37.8 Å². The molecular formula is C17H27N3O. The highest BCUT2D eigenvalue weighted by atomic mass is 16.2. The smallest absolute Gasteiger partial charge is 0.254 e. The minimum atomic E-state index is 0.151. The zero-order chi connectivity index (χ0) is 15.4. The molecule has 1 aliphatic rings. The van der Waals surface area contributed by atoms with Gasteiger partial charge in [-0.2, -0.15) is 0 Å². The van der Waals surface area contributed by atoms with Crippen LogP contribution in [0, 0.1) is 12.8 Å². The van der Waals surface area contributed by atoms with Crippen LogP contribution in [0.2, 0.25) is 0 Å². The normalized spacial score (nSPS) is 15.5. The van der Waals surface area contributed by atoms with Gasteiger partial charge in [0, 0.05) is 30.9 Å². The number of anilines is 1. The van der Waals surface area contributed by atoms with Gasteiger partial charge in [0.1, 0.15) is 5.82 Å². The van der Waals surface area contributed by atoms with E-state index in [1.165, 1.54) is 12.8 Å². The molecule has 4 nitrogen and oxygen atoms in total. The summed E-state index contributed by atoms with van der Waals surface area (Å²) in [5.41, 5.74) is 1.63. The molecule has 0 unspecified atom stereocenters. The fourth-order valence-corrected chi connectivity index (χ4v) is 3.09. The second kappa shape index (κ2) is 6.92. The Kier molecular flexibility index (Phi) is 5.21. The molecule has 0 aliphatic heterocycles. The molecule has 0 radical (unpaired) electrons. The average molecular weight is 289 g/mol. The predicted molar refractivity (Wildman–Crippen MR) is 86.7 cm³/mol. The molecule has 2 rings (SSSR count). The van der Waals surface area contributed by atoms with Crippen molar-refractivity contribution in [1.82, 2.24) is 9.88 Å². The molecule has 1 amide bonds. The molecular weight excluding hydrogens is 262 g/mol. The highest BCUT2D eigenvalue weighted by Crippen LogP contribution is 2.26. The summed E-state index contributed by atoms with van der Waals surface area (Å²) in [6, 6.07) is 4.16. The van der Waals surface area contributed by atoms with Gasteiger partial charge in [-0.1, -0.05) is 26.7 Å². The summed E-state index contributed by atoms with van der Waals surface area (Å²) in [4.78, 5) is 19.4. The highest BCUT2D eigenvalue weighted by Gasteiger charge is 2.28. The van der Waals surface area contributed by atoms with E-state index in [0.29, 0.717) is 12.0 Å². The Morgan fingerprint density at radius 3 is 2.62 bits per heavy atom. The van der Waals surface area contributed by atoms with E-state index in [4.69, 9.17) is 0 Å². The first-order chi connectivity index (χ1) is 10.0. The van der Waals surface area contributed by atoms with Crippen LogP contribution in [0.15, 0.2) is 12.1 Å². The molecule has 1 fully saturated rings. The number of carbonyl (C=O) groups is 1. The predicted octanol–water partition coefficient (Wildman–Crippen LogP) is 3.47. The van der Waals surface area contributed by atoms with Gasteiger partial charge in [0.25, 0.3) is 5.91 Å². The Bertz CT molecular complexity index is 493. The third-order valence-electron chi connectivity index (χ3n) is 4.04. The summed E-state index contributed by atoms with van der Waals surface area (Å²) in [5, 5.41) is 3.03. The topological polar surface area (TPSA) is 45.2 Å². The van der Waals surface area contributed by atoms with E-state index in [2.05, 4.69) is 29.0 Å². The van der Waals surface area contributed by atoms with Crippen molar-refractivity contribution in [3.05, 3.63) is 23.4 Å². The molecule has 1 aliphatic carbocycles. The maximum Gasteiger partial charge on any atom is 0.254 e. The summed E-state index contributed by atoms with van der Waals surface area (Å²) in [5.74, 6) is 1.40. The van der Waals surface area contributed by atoms with Gasteiger partial charge in [-0.25, -0.2) is 4.98 Å². The number of rotatable bonds is 5. The quantitative estimate of drug-likeness (QED) is 0.902. The zero-order valence-electron chi connectivity index (χ0n) is 13.6. The minimum absolute atomic E-state index is 0.151. The second-order valence-electron chi connectivity index (χ2n) is 6.42. The average Bonchev–Trinajstić information content (AvgIpc) is 2.97. The molecule has 1 heterocycles. The first-order valence-corrected chi connectivity index (χ1v) is 7.98. The fourth-order valence-electron chi connectivity index (χ4n) is 3.09. The van der Waals surface area contributed by atoms with Crippen molar-refractivity contribution in [2.75, 3.05) is 18.9 Å². The van der Waals surface area contributed by atoms with Crippen molar-refractivity contribution in [2.24, 2.45) is 5.92 Å². The Labute approximate surface area is 127 Å². The van der Waals surface area contributed by atoms with Crippen LogP contribution in [0.4, 0.5) is 5.82 Å². The third-order valence-corrected chi connectivity index (χ3v) is 4.04. The van der Waals surface area contributed by atoms with Crippen LogP contribution in [0.25, 0.3) is 0 Å². The molecule has 116 valence electrons. The highest BCUT2D eigenvalue weighted by molar-refractivity contribution is 5.95. The van der Waals surface area contributed by atoms with Gasteiger partial charge >= 0.3 is 0 Å². The summed E-state index contributed by atoms with van der Waals surface area (Å²) < 4.78 is 0. The van der Waals surface area contributed by atoms with Crippen LogP contribution in [-0.4, -0.2) is 35.4 Å². The lowest BCUT2D eigenvalue weighted by Crippen LogP contribution is -2.41. The van der Waals surface area contributed by atoms with Crippen LogP contribution < -0.4 is 5.32 Å². The van der Waals surface area contributed by atoms with Gasteiger partial charge in [-0.15, -0.1) is 0 Å². The number of hydrogen-bond donors (Lipinski definition) is 1. The third kappa shape index (κ3) is 3.96. The molecule has 1 aromatic heterocycles. The second-order valence-corrected chi connectivity index (χ2v) is 6.42. The number of aromatic nitrogens is 1. The molecule has 0 spiro atoms. The van der Waals surface area contributed by atoms with E-state index in [1.54, 1.807) is 0 Å². The van der Waals surface area contributed by atoms with E-state index < -0.39 is 0 Å². The molecule has 1 N–H and O–H groups in total. The Hall–Kier alpha value is -1.58. The standard InChI is InChI=1S/C17H27N3O/c1-12(2)11-20(15-7-5-6-8-15)17(21)14-9-13(3)19-16(10-14)18-4/h9-10,12,15H,5-8,11H2,1-4H3,(H,18,19). The molecule has 4 heteroatoms. The van der Waals surface area contributed by atoms with Gasteiger partial charge in [0.15, 0.2) is 0 Å². The largest absolute Gasteiger partial charge is 0.373 e. The molecule has 21 heavy (non-hydrogen) atoms. The Morgan fingerprint density at radius 1 is 1.38 bits per heavy atom. The number of pyridine rings is 1. The number of hydrogen-bond acceptors (Lipinski definition) is 3. The minimum Gasteiger partial charge on any atom is -0.373 e. The number of carbonyl (C=O) groups excluding carboxylic acids is 1. The van der Waals surface area contributed by atoms with Crippen molar-refractivity contribution in [1.29, 1.82) is 0 Å². The van der Waals surface area contributed by atoms with Crippen LogP contribution in [0.1, 0.15) is 55.6 Å². The monoisotopic (exact) mass is 289 g/mol. The molecule has 0 saturated heterocycles. The molecule has 0 bridgehead atoms. The van der Waals surface area contributed by atoms with E-state index in [9.17, 15) is 4.79 Å². The summed E-state index contributed by atoms with van der Waals surface area (Å²) in [6.45, 7) is 7.11. The molecule has 1 saturated carbocycles. The zero-order valence-corrected chi connectivity index (χ0v) is 13.6. The Morgan fingerprint density at radius 2 is 2.05 bits per heavy atom. The Balaban J connectivity index is 2.26. The van der Waals surface area contributed by atoms with E-state index >= 15 is 0 Å². The van der Waals surface area contributed by atoms with Crippen molar-refractivity contribution < 1.29 is 4.79 Å². The summed E-state index contributed by atoms with van der Waals surface area (Å²) in [7, 11) is 1.83. The number of nitrogens with one attached hydrogen (secondary N) is 1. The fraction of sp³-hybridized carbons (Fsp3) is 0.647. The number of amides is 1. The van der Waals surface area contributed by atoms with Gasteiger partial charge < -0.3 is 10.2 Å². The van der Waals surface area contributed by atoms with Gasteiger partial charge in [0.2, 0.25) is 0 Å². The van der Waals surface area contributed by atoms with Crippen LogP contribution in [0.5, 0.6) is 0 Å². The van der Waals surface area contributed by atoms with E-state index in [-0.39, 0.29) is 5.91 Å². The van der Waals surface area contributed by atoms with Crippen LogP contribution >= 0.6 is 0 Å². The molecule has 1 aromatic rings. The maximum atomic E-state index is 13.0. The lowest BCUT2D eigenvalue weighted by molar-refractivity contribution is 0.0655. The number of aryl methyl sites for hydroxylation is 1. The lowest BCUT2D eigenvalue weighted by Gasteiger charge is -2.31.